The van der Waals surface area contributed by atoms with Gasteiger partial charge in [-0.2, -0.15) is 0 Å². The fraction of sp³-hybridized carbons (Fsp3) is 0.400. The predicted octanol–water partition coefficient (Wildman–Crippen LogP) is 3.14. The summed E-state index contributed by atoms with van der Waals surface area (Å²) in [6, 6.07) is 16.7. The molecule has 4 heteroatoms. The zero-order valence-corrected chi connectivity index (χ0v) is 14.3. The molecule has 0 aliphatic carbocycles. The van der Waals surface area contributed by atoms with E-state index >= 15 is 0 Å². The number of likely N-dealkylation sites (tertiary alicyclic amines) is 1. The van der Waals surface area contributed by atoms with Crippen molar-refractivity contribution in [1.29, 1.82) is 0 Å². The molecule has 0 atom stereocenters. The van der Waals surface area contributed by atoms with Gasteiger partial charge in [-0.3, -0.25) is 4.79 Å². The molecular formula is C20H25N3O. The van der Waals surface area contributed by atoms with Gasteiger partial charge in [0.1, 0.15) is 5.82 Å². The maximum Gasteiger partial charge on any atom is 0.222 e. The second-order valence-electron chi connectivity index (χ2n) is 6.40. The van der Waals surface area contributed by atoms with E-state index in [2.05, 4.69) is 29.1 Å². The van der Waals surface area contributed by atoms with Crippen molar-refractivity contribution in [1.82, 2.24) is 9.88 Å². The smallest absolute Gasteiger partial charge is 0.222 e. The molecule has 1 amide bonds. The summed E-state index contributed by atoms with van der Waals surface area (Å²) in [6.07, 6.45) is 5.26. The first-order valence-corrected chi connectivity index (χ1v) is 8.69. The fourth-order valence-corrected chi connectivity index (χ4v) is 3.31. The Bertz CT molecular complexity index is 636. The Kier molecular flexibility index (Phi) is 5.47. The van der Waals surface area contributed by atoms with E-state index in [4.69, 9.17) is 0 Å². The number of hydrogen-bond acceptors (Lipinski definition) is 3. The van der Waals surface area contributed by atoms with Crippen molar-refractivity contribution in [3.8, 4) is 0 Å². The van der Waals surface area contributed by atoms with Crippen LogP contribution in [0.2, 0.25) is 0 Å². The lowest BCUT2D eigenvalue weighted by Gasteiger charge is -2.37. The Morgan fingerprint density at radius 1 is 1.12 bits per heavy atom. The first-order valence-electron chi connectivity index (χ1n) is 8.69. The molecule has 1 aliphatic heterocycles. The van der Waals surface area contributed by atoms with Crippen LogP contribution < -0.4 is 4.90 Å². The van der Waals surface area contributed by atoms with Crippen LogP contribution in [0.4, 0.5) is 5.82 Å². The van der Waals surface area contributed by atoms with E-state index in [0.29, 0.717) is 12.5 Å². The number of nitrogens with zero attached hydrogens (tertiary/aromatic N) is 3. The van der Waals surface area contributed by atoms with Gasteiger partial charge in [-0.1, -0.05) is 36.4 Å². The van der Waals surface area contributed by atoms with Crippen LogP contribution in [0.25, 0.3) is 0 Å². The van der Waals surface area contributed by atoms with Crippen LogP contribution in [0.3, 0.4) is 0 Å². The molecule has 126 valence electrons. The molecule has 3 rings (SSSR count). The number of pyridine rings is 1. The minimum atomic E-state index is 0.276. The second-order valence-corrected chi connectivity index (χ2v) is 6.40. The lowest BCUT2D eigenvalue weighted by Crippen LogP contribution is -2.45. The van der Waals surface area contributed by atoms with Crippen molar-refractivity contribution in [2.75, 3.05) is 25.0 Å². The number of benzene rings is 1. The number of rotatable bonds is 5. The van der Waals surface area contributed by atoms with E-state index in [1.807, 2.05) is 47.5 Å². The predicted molar refractivity (Wildman–Crippen MR) is 97.0 cm³/mol. The normalized spacial score (nSPS) is 15.3. The molecule has 0 unspecified atom stereocenters. The van der Waals surface area contributed by atoms with Crippen molar-refractivity contribution < 1.29 is 4.79 Å². The lowest BCUT2D eigenvalue weighted by molar-refractivity contribution is -0.132. The highest BCUT2D eigenvalue weighted by Crippen LogP contribution is 2.20. The van der Waals surface area contributed by atoms with Gasteiger partial charge in [-0.25, -0.2) is 4.98 Å². The highest BCUT2D eigenvalue weighted by Gasteiger charge is 2.25. The third-order valence-electron chi connectivity index (χ3n) is 4.85. The van der Waals surface area contributed by atoms with Crippen LogP contribution in [0.5, 0.6) is 0 Å². The Hall–Kier alpha value is -2.36. The van der Waals surface area contributed by atoms with Crippen LogP contribution in [0.1, 0.15) is 24.8 Å². The monoisotopic (exact) mass is 323 g/mol. The topological polar surface area (TPSA) is 36.4 Å². The summed E-state index contributed by atoms with van der Waals surface area (Å²) >= 11 is 0. The van der Waals surface area contributed by atoms with Crippen LogP contribution in [0.15, 0.2) is 54.7 Å². The van der Waals surface area contributed by atoms with E-state index in [-0.39, 0.29) is 5.91 Å². The Labute approximate surface area is 144 Å². The maximum absolute atomic E-state index is 12.4. The van der Waals surface area contributed by atoms with Gasteiger partial charge in [0.25, 0.3) is 0 Å². The summed E-state index contributed by atoms with van der Waals surface area (Å²) in [5.41, 5.74) is 1.23. The van der Waals surface area contributed by atoms with E-state index in [0.717, 1.165) is 38.2 Å². The maximum atomic E-state index is 12.4. The van der Waals surface area contributed by atoms with Gasteiger partial charge in [-0.15, -0.1) is 0 Å². The summed E-state index contributed by atoms with van der Waals surface area (Å²) in [6.45, 7) is 1.69. The number of aromatic nitrogens is 1. The zero-order chi connectivity index (χ0) is 16.8. The number of hydrogen-bond donors (Lipinski definition) is 0. The molecule has 2 heterocycles. The van der Waals surface area contributed by atoms with E-state index < -0.39 is 0 Å². The van der Waals surface area contributed by atoms with Crippen LogP contribution in [-0.4, -0.2) is 42.0 Å². The van der Waals surface area contributed by atoms with Gasteiger partial charge < -0.3 is 9.80 Å². The first-order chi connectivity index (χ1) is 11.7. The van der Waals surface area contributed by atoms with E-state index in [9.17, 15) is 4.79 Å². The minimum absolute atomic E-state index is 0.276. The average Bonchev–Trinajstić information content (AvgIpc) is 2.67. The summed E-state index contributed by atoms with van der Waals surface area (Å²) in [5.74, 6) is 1.28. The highest BCUT2D eigenvalue weighted by molar-refractivity contribution is 5.76. The summed E-state index contributed by atoms with van der Waals surface area (Å²) < 4.78 is 0. The lowest BCUT2D eigenvalue weighted by atomic mass is 10.0. The van der Waals surface area contributed by atoms with Crippen molar-refractivity contribution >= 4 is 11.7 Å². The van der Waals surface area contributed by atoms with Crippen molar-refractivity contribution in [3.05, 3.63) is 60.3 Å². The van der Waals surface area contributed by atoms with Gasteiger partial charge in [0.15, 0.2) is 0 Å². The number of carbonyl (C=O) groups excluding carboxylic acids is 1. The van der Waals surface area contributed by atoms with Gasteiger partial charge in [0.2, 0.25) is 5.91 Å². The van der Waals surface area contributed by atoms with Crippen LogP contribution in [0, 0.1) is 0 Å². The minimum Gasteiger partial charge on any atom is -0.357 e. The molecule has 0 saturated carbocycles. The van der Waals surface area contributed by atoms with E-state index in [1.165, 1.54) is 5.56 Å². The summed E-state index contributed by atoms with van der Waals surface area (Å²) in [4.78, 5) is 21.1. The molecule has 24 heavy (non-hydrogen) atoms. The van der Waals surface area contributed by atoms with Crippen LogP contribution >= 0.6 is 0 Å². The standard InChI is InChI=1S/C20H25N3O/c1-22(19-9-5-6-14-21-19)18-12-15-23(16-13-18)20(24)11-10-17-7-3-2-4-8-17/h2-9,14,18H,10-13,15-16H2,1H3. The fourth-order valence-electron chi connectivity index (χ4n) is 3.31. The molecule has 1 saturated heterocycles. The molecule has 0 spiro atoms. The van der Waals surface area contributed by atoms with Crippen molar-refractivity contribution in [3.63, 3.8) is 0 Å². The van der Waals surface area contributed by atoms with Gasteiger partial charge in [0, 0.05) is 38.8 Å². The third kappa shape index (κ3) is 4.13. The number of aryl methyl sites for hydroxylation is 1. The molecule has 0 bridgehead atoms. The molecule has 1 aromatic carbocycles. The van der Waals surface area contributed by atoms with Gasteiger partial charge in [0.05, 0.1) is 0 Å². The average molecular weight is 323 g/mol. The third-order valence-corrected chi connectivity index (χ3v) is 4.85. The Morgan fingerprint density at radius 2 is 1.83 bits per heavy atom. The van der Waals surface area contributed by atoms with Crippen molar-refractivity contribution in [2.24, 2.45) is 0 Å². The molecule has 0 N–H and O–H groups in total. The quantitative estimate of drug-likeness (QED) is 0.848. The second kappa shape index (κ2) is 7.95. The van der Waals surface area contributed by atoms with Crippen LogP contribution in [-0.2, 0) is 11.2 Å². The van der Waals surface area contributed by atoms with E-state index in [1.54, 1.807) is 0 Å². The number of amides is 1. The molecule has 4 nitrogen and oxygen atoms in total. The Morgan fingerprint density at radius 3 is 2.50 bits per heavy atom. The zero-order valence-electron chi connectivity index (χ0n) is 14.3. The first kappa shape index (κ1) is 16.5. The molecule has 2 aromatic rings. The molecule has 1 aliphatic rings. The summed E-state index contributed by atoms with van der Waals surface area (Å²) in [5, 5.41) is 0. The van der Waals surface area contributed by atoms with Gasteiger partial charge in [-0.05, 0) is 37.0 Å². The van der Waals surface area contributed by atoms with Gasteiger partial charge >= 0.3 is 0 Å². The molecular weight excluding hydrogens is 298 g/mol. The molecule has 0 radical (unpaired) electrons. The number of anilines is 1. The van der Waals surface area contributed by atoms with Crippen molar-refractivity contribution in [2.45, 2.75) is 31.7 Å². The number of carbonyl (C=O) groups is 1. The molecule has 1 fully saturated rings. The largest absolute Gasteiger partial charge is 0.357 e. The highest BCUT2D eigenvalue weighted by atomic mass is 16.2. The SMILES string of the molecule is CN(c1ccccn1)C1CCN(C(=O)CCc2ccccc2)CC1. The molecule has 1 aromatic heterocycles. The Balaban J connectivity index is 1.47. The number of piperidine rings is 1. The summed E-state index contributed by atoms with van der Waals surface area (Å²) in [7, 11) is 2.10.